The number of primary amides is 1. The molecule has 3 aromatic heterocycles. The predicted molar refractivity (Wildman–Crippen MR) is 178 cm³/mol. The Balaban J connectivity index is 1.03. The molecule has 216 valence electrons. The second kappa shape index (κ2) is 11.7. The number of hydrogen-bond donors (Lipinski definition) is 4. The summed E-state index contributed by atoms with van der Waals surface area (Å²) in [7, 11) is 0. The van der Waals surface area contributed by atoms with Crippen LogP contribution >= 0.6 is 11.6 Å². The van der Waals surface area contributed by atoms with Gasteiger partial charge in [-0.1, -0.05) is 60.1 Å². The molecule has 8 nitrogen and oxygen atoms in total. The number of H-pyrrole nitrogens is 1. The van der Waals surface area contributed by atoms with Crippen molar-refractivity contribution in [3.63, 3.8) is 0 Å². The SMILES string of the molecule is NC(=O)c1ccc2c(c1)nc(NCCc1nc3ccc(NCc4ccc(-c5ccccc5)c(Cl)c4)cc3[nH]1)c1ccncc12. The van der Waals surface area contributed by atoms with E-state index in [0.717, 1.165) is 66.2 Å². The number of aromatic amines is 1. The number of fused-ring (bicyclic) bond motifs is 4. The molecule has 0 spiro atoms. The molecule has 0 atom stereocenters. The fraction of sp³-hybridized carbons (Fsp3) is 0.0857. The van der Waals surface area contributed by atoms with Crippen molar-refractivity contribution in [1.82, 2.24) is 19.9 Å². The summed E-state index contributed by atoms with van der Waals surface area (Å²) < 4.78 is 0. The first-order chi connectivity index (χ1) is 21.5. The van der Waals surface area contributed by atoms with Crippen LogP contribution < -0.4 is 16.4 Å². The fourth-order valence-electron chi connectivity index (χ4n) is 5.45. The Morgan fingerprint density at radius 2 is 1.73 bits per heavy atom. The molecule has 0 saturated heterocycles. The number of rotatable bonds is 9. The third kappa shape index (κ3) is 5.50. The van der Waals surface area contributed by atoms with E-state index in [1.165, 1.54) is 0 Å². The molecule has 0 aliphatic carbocycles. The normalized spacial score (nSPS) is 11.3. The number of amides is 1. The predicted octanol–water partition coefficient (Wildman–Crippen LogP) is 7.35. The molecule has 0 aliphatic heterocycles. The molecular weight excluding hydrogens is 570 g/mol. The summed E-state index contributed by atoms with van der Waals surface area (Å²) in [5, 5.41) is 10.5. The van der Waals surface area contributed by atoms with Crippen LogP contribution in [-0.2, 0) is 13.0 Å². The zero-order valence-electron chi connectivity index (χ0n) is 23.6. The first-order valence-corrected chi connectivity index (χ1v) is 14.7. The van der Waals surface area contributed by atoms with Gasteiger partial charge in [0.25, 0.3) is 0 Å². The van der Waals surface area contributed by atoms with E-state index in [1.54, 1.807) is 18.3 Å². The molecule has 0 saturated carbocycles. The van der Waals surface area contributed by atoms with Gasteiger partial charge in [-0.15, -0.1) is 0 Å². The van der Waals surface area contributed by atoms with Crippen molar-refractivity contribution in [2.45, 2.75) is 13.0 Å². The molecule has 44 heavy (non-hydrogen) atoms. The highest BCUT2D eigenvalue weighted by molar-refractivity contribution is 6.33. The molecule has 0 radical (unpaired) electrons. The third-order valence-corrected chi connectivity index (χ3v) is 7.99. The number of benzene rings is 4. The molecule has 4 aromatic carbocycles. The Labute approximate surface area is 258 Å². The van der Waals surface area contributed by atoms with E-state index < -0.39 is 5.91 Å². The maximum absolute atomic E-state index is 11.7. The minimum Gasteiger partial charge on any atom is -0.381 e. The summed E-state index contributed by atoms with van der Waals surface area (Å²) in [4.78, 5) is 29.1. The van der Waals surface area contributed by atoms with Crippen LogP contribution in [0.1, 0.15) is 21.7 Å². The lowest BCUT2D eigenvalue weighted by Gasteiger charge is -2.11. The van der Waals surface area contributed by atoms with Gasteiger partial charge in [0.2, 0.25) is 5.91 Å². The zero-order chi connectivity index (χ0) is 30.0. The summed E-state index contributed by atoms with van der Waals surface area (Å²) in [5.41, 5.74) is 12.7. The topological polar surface area (TPSA) is 122 Å². The van der Waals surface area contributed by atoms with E-state index in [-0.39, 0.29) is 0 Å². The number of halogens is 1. The lowest BCUT2D eigenvalue weighted by Crippen LogP contribution is -2.11. The number of aromatic nitrogens is 4. The lowest BCUT2D eigenvalue weighted by molar-refractivity contribution is 0.100. The highest BCUT2D eigenvalue weighted by Crippen LogP contribution is 2.30. The number of anilines is 2. The first kappa shape index (κ1) is 27.4. The summed E-state index contributed by atoms with van der Waals surface area (Å²) in [5.74, 6) is 1.10. The quantitative estimate of drug-likeness (QED) is 0.129. The van der Waals surface area contributed by atoms with Gasteiger partial charge in [0.1, 0.15) is 11.6 Å². The number of hydrogen-bond acceptors (Lipinski definition) is 6. The van der Waals surface area contributed by atoms with E-state index in [4.69, 9.17) is 27.3 Å². The van der Waals surface area contributed by atoms with Crippen LogP contribution in [-0.4, -0.2) is 32.4 Å². The monoisotopic (exact) mass is 597 g/mol. The second-order valence-electron chi connectivity index (χ2n) is 10.6. The van der Waals surface area contributed by atoms with Crippen LogP contribution in [0.15, 0.2) is 103 Å². The smallest absolute Gasteiger partial charge is 0.248 e. The number of imidazole rings is 1. The zero-order valence-corrected chi connectivity index (χ0v) is 24.4. The number of nitrogens with two attached hydrogens (primary N) is 1. The van der Waals surface area contributed by atoms with Crippen molar-refractivity contribution in [2.24, 2.45) is 5.73 Å². The van der Waals surface area contributed by atoms with Crippen LogP contribution in [0.25, 0.3) is 43.8 Å². The van der Waals surface area contributed by atoms with E-state index >= 15 is 0 Å². The van der Waals surface area contributed by atoms with Gasteiger partial charge in [0.15, 0.2) is 0 Å². The van der Waals surface area contributed by atoms with E-state index in [0.29, 0.717) is 30.6 Å². The summed E-state index contributed by atoms with van der Waals surface area (Å²) in [6, 6.07) is 29.7. The highest BCUT2D eigenvalue weighted by atomic mass is 35.5. The molecule has 9 heteroatoms. The standard InChI is InChI=1S/C35H28ClN7O/c36-29-16-21(6-9-25(29)22-4-2-1-3-5-22)19-40-24-8-11-30-32(18-24)42-33(41-30)13-15-39-35-27-12-14-38-20-28(27)26-10-7-23(34(37)44)17-31(26)43-35/h1-12,14,16-18,20,40H,13,15,19H2,(H2,37,44)(H,39,43)(H,41,42). The third-order valence-electron chi connectivity index (χ3n) is 7.68. The van der Waals surface area contributed by atoms with Gasteiger partial charge in [-0.25, -0.2) is 9.97 Å². The summed E-state index contributed by atoms with van der Waals surface area (Å²) >= 11 is 6.61. The molecule has 0 aliphatic rings. The molecule has 3 heterocycles. The molecule has 7 rings (SSSR count). The van der Waals surface area contributed by atoms with Gasteiger partial charge in [0.05, 0.1) is 16.6 Å². The minimum absolute atomic E-state index is 0.417. The molecule has 5 N–H and O–H groups in total. The molecule has 0 unspecified atom stereocenters. The maximum Gasteiger partial charge on any atom is 0.248 e. The number of carbonyl (C=O) groups is 1. The van der Waals surface area contributed by atoms with Gasteiger partial charge in [-0.05, 0) is 53.6 Å². The number of nitrogens with zero attached hydrogens (tertiary/aromatic N) is 3. The number of nitrogens with one attached hydrogen (secondary N) is 3. The summed E-state index contributed by atoms with van der Waals surface area (Å²) in [6.07, 6.45) is 4.23. The largest absolute Gasteiger partial charge is 0.381 e. The molecule has 0 fully saturated rings. The highest BCUT2D eigenvalue weighted by Gasteiger charge is 2.12. The Morgan fingerprint density at radius 1 is 0.841 bits per heavy atom. The van der Waals surface area contributed by atoms with Crippen molar-refractivity contribution in [1.29, 1.82) is 0 Å². The van der Waals surface area contributed by atoms with Gasteiger partial charge in [0, 0.05) is 69.9 Å². The number of pyridine rings is 2. The molecular formula is C35H28ClN7O. The van der Waals surface area contributed by atoms with Gasteiger partial charge < -0.3 is 21.4 Å². The van der Waals surface area contributed by atoms with Gasteiger partial charge in [-0.2, -0.15) is 0 Å². The van der Waals surface area contributed by atoms with Crippen LogP contribution in [0, 0.1) is 0 Å². The van der Waals surface area contributed by atoms with Crippen LogP contribution in [0.2, 0.25) is 5.02 Å². The molecule has 7 aromatic rings. The van der Waals surface area contributed by atoms with Crippen LogP contribution in [0.4, 0.5) is 11.5 Å². The average molecular weight is 598 g/mol. The fourth-order valence-corrected chi connectivity index (χ4v) is 5.76. The number of carbonyl (C=O) groups excluding carboxylic acids is 1. The molecule has 0 bridgehead atoms. The minimum atomic E-state index is -0.486. The van der Waals surface area contributed by atoms with Gasteiger partial charge in [-0.3, -0.25) is 9.78 Å². The molecule has 1 amide bonds. The van der Waals surface area contributed by atoms with E-state index in [9.17, 15) is 4.79 Å². The van der Waals surface area contributed by atoms with Crippen molar-refractivity contribution >= 4 is 61.7 Å². The van der Waals surface area contributed by atoms with Crippen molar-refractivity contribution < 1.29 is 4.79 Å². The maximum atomic E-state index is 11.7. The second-order valence-corrected chi connectivity index (χ2v) is 11.0. The van der Waals surface area contributed by atoms with E-state index in [1.807, 2.05) is 54.7 Å². The van der Waals surface area contributed by atoms with Crippen molar-refractivity contribution in [2.75, 3.05) is 17.2 Å². The van der Waals surface area contributed by atoms with E-state index in [2.05, 4.69) is 50.9 Å². The van der Waals surface area contributed by atoms with Crippen LogP contribution in [0.5, 0.6) is 0 Å². The lowest BCUT2D eigenvalue weighted by atomic mass is 10.0. The van der Waals surface area contributed by atoms with Crippen molar-refractivity contribution in [3.05, 3.63) is 125 Å². The Hall–Kier alpha value is -5.47. The van der Waals surface area contributed by atoms with Crippen molar-refractivity contribution in [3.8, 4) is 11.1 Å². The first-order valence-electron chi connectivity index (χ1n) is 14.3. The summed E-state index contributed by atoms with van der Waals surface area (Å²) in [6.45, 7) is 1.25. The van der Waals surface area contributed by atoms with Crippen LogP contribution in [0.3, 0.4) is 0 Å². The Bertz CT molecular complexity index is 2160. The average Bonchev–Trinajstić information content (AvgIpc) is 3.46. The van der Waals surface area contributed by atoms with Gasteiger partial charge >= 0.3 is 0 Å². The Kier molecular flexibility index (Phi) is 7.25. The Morgan fingerprint density at radius 3 is 2.57 bits per heavy atom.